The molecule has 4 heteroatoms. The summed E-state index contributed by atoms with van der Waals surface area (Å²) >= 11 is 0. The summed E-state index contributed by atoms with van der Waals surface area (Å²) < 4.78 is 2.41. The number of para-hydroxylation sites is 1. The highest BCUT2D eigenvalue weighted by Gasteiger charge is 2.25. The van der Waals surface area contributed by atoms with Gasteiger partial charge in [-0.15, -0.1) is 0 Å². The lowest BCUT2D eigenvalue weighted by atomic mass is 9.93. The summed E-state index contributed by atoms with van der Waals surface area (Å²) in [5.74, 6) is 0.904. The van der Waals surface area contributed by atoms with Crippen molar-refractivity contribution >= 4 is 27.7 Å². The van der Waals surface area contributed by atoms with Crippen LogP contribution < -0.4 is 5.32 Å². The molecule has 1 atom stereocenters. The van der Waals surface area contributed by atoms with Crippen LogP contribution in [0.5, 0.6) is 0 Å². The summed E-state index contributed by atoms with van der Waals surface area (Å²) in [4.78, 5) is 14.6. The first kappa shape index (κ1) is 19.6. The molecule has 1 aliphatic heterocycles. The van der Waals surface area contributed by atoms with Crippen LogP contribution in [0.1, 0.15) is 51.0 Å². The van der Waals surface area contributed by atoms with Gasteiger partial charge in [0.05, 0.1) is 0 Å². The molecule has 3 aromatic rings. The minimum absolute atomic E-state index is 0.257. The van der Waals surface area contributed by atoms with Gasteiger partial charge in [-0.1, -0.05) is 24.3 Å². The fraction of sp³-hybridized carbons (Fsp3) is 0.500. The van der Waals surface area contributed by atoms with Crippen molar-refractivity contribution in [2.24, 2.45) is 5.92 Å². The number of carbonyl (C=O) groups excluding carboxylic acids is 1. The number of rotatable bonds is 7. The van der Waals surface area contributed by atoms with Crippen LogP contribution in [0.15, 0.2) is 42.5 Å². The Kier molecular flexibility index (Phi) is 5.51. The van der Waals surface area contributed by atoms with Gasteiger partial charge in [0.25, 0.3) is 0 Å². The number of nitrogens with one attached hydrogen (secondary N) is 1. The molecule has 1 saturated carbocycles. The number of amides is 1. The second-order valence-corrected chi connectivity index (χ2v) is 9.24. The normalized spacial score (nSPS) is 20.1. The molecule has 2 fully saturated rings. The maximum Gasteiger partial charge on any atom is 0.220 e. The first-order chi connectivity index (χ1) is 14.7. The Morgan fingerprint density at radius 2 is 1.90 bits per heavy atom. The van der Waals surface area contributed by atoms with Crippen molar-refractivity contribution in [1.29, 1.82) is 0 Å². The van der Waals surface area contributed by atoms with Gasteiger partial charge in [-0.05, 0) is 75.3 Å². The zero-order valence-corrected chi connectivity index (χ0v) is 18.1. The minimum atomic E-state index is 0.257. The van der Waals surface area contributed by atoms with Crippen molar-refractivity contribution in [3.63, 3.8) is 0 Å². The lowest BCUT2D eigenvalue weighted by Crippen LogP contribution is -2.35. The number of hydrogen-bond acceptors (Lipinski definition) is 2. The maximum atomic E-state index is 12.0. The third-order valence-electron chi connectivity index (χ3n) is 6.88. The summed E-state index contributed by atoms with van der Waals surface area (Å²) in [7, 11) is 0. The van der Waals surface area contributed by atoms with E-state index in [2.05, 4.69) is 64.2 Å². The van der Waals surface area contributed by atoms with Crippen molar-refractivity contribution in [3.05, 3.63) is 48.0 Å². The summed E-state index contributed by atoms with van der Waals surface area (Å²) in [5, 5.41) is 5.85. The van der Waals surface area contributed by atoms with E-state index in [4.69, 9.17) is 0 Å². The summed E-state index contributed by atoms with van der Waals surface area (Å²) in [6.07, 6.45) is 6.56. The van der Waals surface area contributed by atoms with Crippen molar-refractivity contribution in [2.45, 2.75) is 64.6 Å². The topological polar surface area (TPSA) is 37.3 Å². The SMILES string of the molecule is CCn1c2ccccc2c2cc(CN3CCCC(CCC(=O)NC4CC4)C3)ccc21. The molecule has 158 valence electrons. The number of nitrogens with zero attached hydrogens (tertiary/aromatic N) is 2. The average molecular weight is 404 g/mol. The van der Waals surface area contributed by atoms with Crippen LogP contribution in [0.25, 0.3) is 21.8 Å². The number of hydrogen-bond donors (Lipinski definition) is 1. The number of likely N-dealkylation sites (tertiary alicyclic amines) is 1. The van der Waals surface area contributed by atoms with E-state index in [1.807, 2.05) is 0 Å². The smallest absolute Gasteiger partial charge is 0.220 e. The van der Waals surface area contributed by atoms with Crippen LogP contribution in [-0.4, -0.2) is 34.5 Å². The van der Waals surface area contributed by atoms with E-state index < -0.39 is 0 Å². The number of aryl methyl sites for hydroxylation is 1. The third-order valence-corrected chi connectivity index (χ3v) is 6.88. The first-order valence-electron chi connectivity index (χ1n) is 11.7. The van der Waals surface area contributed by atoms with Gasteiger partial charge in [-0.3, -0.25) is 9.69 Å². The lowest BCUT2D eigenvalue weighted by Gasteiger charge is -2.32. The van der Waals surface area contributed by atoms with E-state index in [-0.39, 0.29) is 5.91 Å². The molecule has 1 N–H and O–H groups in total. The minimum Gasteiger partial charge on any atom is -0.353 e. The van der Waals surface area contributed by atoms with Gasteiger partial charge < -0.3 is 9.88 Å². The summed E-state index contributed by atoms with van der Waals surface area (Å²) in [6, 6.07) is 16.2. The van der Waals surface area contributed by atoms with E-state index in [1.54, 1.807) is 0 Å². The maximum absolute atomic E-state index is 12.0. The van der Waals surface area contributed by atoms with Gasteiger partial charge in [-0.25, -0.2) is 0 Å². The molecule has 0 bridgehead atoms. The molecule has 1 unspecified atom stereocenters. The third kappa shape index (κ3) is 4.11. The first-order valence-corrected chi connectivity index (χ1v) is 11.7. The van der Waals surface area contributed by atoms with Crippen LogP contribution in [-0.2, 0) is 17.9 Å². The quantitative estimate of drug-likeness (QED) is 0.597. The standard InChI is InChI=1S/C26H33N3O/c1-2-29-24-8-4-3-7-22(24)23-16-20(9-13-25(23)29)18-28-15-5-6-19(17-28)10-14-26(30)27-21-11-12-21/h3-4,7-9,13,16,19,21H,2,5-6,10-12,14-15,17-18H2,1H3,(H,27,30). The van der Waals surface area contributed by atoms with E-state index in [9.17, 15) is 4.79 Å². The largest absolute Gasteiger partial charge is 0.353 e. The van der Waals surface area contributed by atoms with E-state index >= 15 is 0 Å². The van der Waals surface area contributed by atoms with Crippen LogP contribution in [0.3, 0.4) is 0 Å². The average Bonchev–Trinajstić information content (AvgIpc) is 3.52. The van der Waals surface area contributed by atoms with Gasteiger partial charge in [-0.2, -0.15) is 0 Å². The Balaban J connectivity index is 1.26. The molecule has 4 nitrogen and oxygen atoms in total. The molecular formula is C26H33N3O. The molecule has 2 heterocycles. The van der Waals surface area contributed by atoms with Crippen molar-refractivity contribution in [1.82, 2.24) is 14.8 Å². The Morgan fingerprint density at radius 1 is 1.07 bits per heavy atom. The Bertz CT molecular complexity index is 1050. The molecule has 1 saturated heterocycles. The van der Waals surface area contributed by atoms with Crippen molar-refractivity contribution < 1.29 is 4.79 Å². The zero-order valence-electron chi connectivity index (χ0n) is 18.1. The van der Waals surface area contributed by atoms with Crippen LogP contribution in [0.4, 0.5) is 0 Å². The van der Waals surface area contributed by atoms with Gasteiger partial charge in [0.2, 0.25) is 5.91 Å². The predicted molar refractivity (Wildman–Crippen MR) is 124 cm³/mol. The zero-order chi connectivity index (χ0) is 20.5. The number of fused-ring (bicyclic) bond motifs is 3. The highest BCUT2D eigenvalue weighted by Crippen LogP contribution is 2.30. The fourth-order valence-electron chi connectivity index (χ4n) is 5.19. The van der Waals surface area contributed by atoms with E-state index in [0.717, 1.165) is 26.1 Å². The van der Waals surface area contributed by atoms with Crippen LogP contribution in [0, 0.1) is 5.92 Å². The van der Waals surface area contributed by atoms with Crippen molar-refractivity contribution in [3.8, 4) is 0 Å². The Hall–Kier alpha value is -2.33. The Morgan fingerprint density at radius 3 is 2.73 bits per heavy atom. The number of piperidine rings is 1. The number of aromatic nitrogens is 1. The Labute approximate surface area is 179 Å². The number of benzene rings is 2. The second kappa shape index (κ2) is 8.43. The van der Waals surface area contributed by atoms with E-state index in [0.29, 0.717) is 18.4 Å². The van der Waals surface area contributed by atoms with Crippen molar-refractivity contribution in [2.75, 3.05) is 13.1 Å². The summed E-state index contributed by atoms with van der Waals surface area (Å²) in [5.41, 5.74) is 4.06. The molecule has 5 rings (SSSR count). The van der Waals surface area contributed by atoms with Crippen LogP contribution >= 0.6 is 0 Å². The predicted octanol–water partition coefficient (Wildman–Crippen LogP) is 5.09. The highest BCUT2D eigenvalue weighted by molar-refractivity contribution is 6.08. The van der Waals surface area contributed by atoms with Gasteiger partial charge >= 0.3 is 0 Å². The monoisotopic (exact) mass is 403 g/mol. The van der Waals surface area contributed by atoms with Crippen LogP contribution in [0.2, 0.25) is 0 Å². The van der Waals surface area contributed by atoms with E-state index in [1.165, 1.54) is 59.6 Å². The molecule has 30 heavy (non-hydrogen) atoms. The second-order valence-electron chi connectivity index (χ2n) is 9.24. The molecule has 1 amide bonds. The number of carbonyl (C=O) groups is 1. The molecule has 0 spiro atoms. The molecule has 2 aliphatic rings. The highest BCUT2D eigenvalue weighted by atomic mass is 16.1. The summed E-state index contributed by atoms with van der Waals surface area (Å²) in [6.45, 7) is 6.50. The molecule has 0 radical (unpaired) electrons. The van der Waals surface area contributed by atoms with Gasteiger partial charge in [0, 0.05) is 53.9 Å². The molecule has 1 aliphatic carbocycles. The molecule has 1 aromatic heterocycles. The van der Waals surface area contributed by atoms with Gasteiger partial charge in [0.1, 0.15) is 0 Å². The molecular weight excluding hydrogens is 370 g/mol. The lowest BCUT2D eigenvalue weighted by molar-refractivity contribution is -0.121. The van der Waals surface area contributed by atoms with Gasteiger partial charge in [0.15, 0.2) is 0 Å². The fourth-order valence-corrected chi connectivity index (χ4v) is 5.19. The molecule has 2 aromatic carbocycles.